The summed E-state index contributed by atoms with van der Waals surface area (Å²) in [7, 11) is 2.03. The Morgan fingerprint density at radius 1 is 1.29 bits per heavy atom. The third kappa shape index (κ3) is 3.11. The second-order valence-electron chi connectivity index (χ2n) is 4.15. The highest BCUT2D eigenvalue weighted by atomic mass is 16.7. The van der Waals surface area contributed by atoms with Crippen molar-refractivity contribution in [3.8, 4) is 17.6 Å². The lowest BCUT2D eigenvalue weighted by atomic mass is 10.1. The molecule has 0 unspecified atom stereocenters. The number of nitriles is 1. The molecule has 1 aromatic rings. The Kier molecular flexibility index (Phi) is 3.84. The Balaban J connectivity index is 1.85. The normalized spacial score (nSPS) is 12.8. The smallest absolute Gasteiger partial charge is 0.231 e. The van der Waals surface area contributed by atoms with Gasteiger partial charge in [-0.15, -0.1) is 0 Å². The number of hydrogen-bond acceptors (Lipinski definition) is 4. The highest BCUT2D eigenvalue weighted by molar-refractivity contribution is 5.44. The Labute approximate surface area is 101 Å². The second-order valence-corrected chi connectivity index (χ2v) is 4.15. The van der Waals surface area contributed by atoms with Crippen LogP contribution in [-0.2, 0) is 6.42 Å². The first-order chi connectivity index (χ1) is 8.29. The Morgan fingerprint density at radius 3 is 2.94 bits per heavy atom. The lowest BCUT2D eigenvalue weighted by Crippen LogP contribution is -2.22. The standard InChI is InChI=1S/C13H16N2O2/c1-15(7-2-6-14)8-5-11-3-4-12-13(9-11)17-10-16-12/h3-4,9H,2,5,7-8,10H2,1H3. The van der Waals surface area contributed by atoms with E-state index in [-0.39, 0.29) is 0 Å². The van der Waals surface area contributed by atoms with Gasteiger partial charge in [0.1, 0.15) is 0 Å². The largest absolute Gasteiger partial charge is 0.454 e. The number of hydrogen-bond donors (Lipinski definition) is 0. The van der Waals surface area contributed by atoms with Gasteiger partial charge in [-0.2, -0.15) is 5.26 Å². The van der Waals surface area contributed by atoms with E-state index in [1.807, 2.05) is 19.2 Å². The molecule has 4 heteroatoms. The highest BCUT2D eigenvalue weighted by Crippen LogP contribution is 2.32. The molecule has 0 fully saturated rings. The summed E-state index contributed by atoms with van der Waals surface area (Å²) in [4.78, 5) is 2.16. The molecule has 0 spiro atoms. The van der Waals surface area contributed by atoms with Crippen molar-refractivity contribution in [2.45, 2.75) is 12.8 Å². The average Bonchev–Trinajstić information content (AvgIpc) is 2.81. The van der Waals surface area contributed by atoms with Crippen molar-refractivity contribution in [1.29, 1.82) is 5.26 Å². The van der Waals surface area contributed by atoms with Gasteiger partial charge >= 0.3 is 0 Å². The quantitative estimate of drug-likeness (QED) is 0.776. The first kappa shape index (κ1) is 11.7. The molecule has 2 rings (SSSR count). The number of likely N-dealkylation sites (N-methyl/N-ethyl adjacent to an activating group) is 1. The summed E-state index contributed by atoms with van der Waals surface area (Å²) in [5.41, 5.74) is 1.23. The van der Waals surface area contributed by atoms with E-state index in [4.69, 9.17) is 14.7 Å². The molecule has 0 saturated heterocycles. The molecule has 0 N–H and O–H groups in total. The molecule has 0 aromatic heterocycles. The maximum absolute atomic E-state index is 8.50. The minimum Gasteiger partial charge on any atom is -0.454 e. The maximum Gasteiger partial charge on any atom is 0.231 e. The fraction of sp³-hybridized carbons (Fsp3) is 0.462. The van der Waals surface area contributed by atoms with Crippen molar-refractivity contribution in [2.75, 3.05) is 26.9 Å². The van der Waals surface area contributed by atoms with Crippen LogP contribution in [0.4, 0.5) is 0 Å². The van der Waals surface area contributed by atoms with Gasteiger partial charge in [-0.05, 0) is 31.2 Å². The number of fused-ring (bicyclic) bond motifs is 1. The molecular weight excluding hydrogens is 216 g/mol. The monoisotopic (exact) mass is 232 g/mol. The first-order valence-electron chi connectivity index (χ1n) is 5.73. The van der Waals surface area contributed by atoms with Crippen LogP contribution in [0.3, 0.4) is 0 Å². The summed E-state index contributed by atoms with van der Waals surface area (Å²) in [6.07, 6.45) is 1.54. The molecule has 90 valence electrons. The molecule has 0 bridgehead atoms. The Morgan fingerprint density at radius 2 is 2.12 bits per heavy atom. The van der Waals surface area contributed by atoms with Crippen molar-refractivity contribution < 1.29 is 9.47 Å². The summed E-state index contributed by atoms with van der Waals surface area (Å²) >= 11 is 0. The summed E-state index contributed by atoms with van der Waals surface area (Å²) in [6.45, 7) is 2.09. The molecule has 0 amide bonds. The van der Waals surface area contributed by atoms with Crippen molar-refractivity contribution in [3.63, 3.8) is 0 Å². The van der Waals surface area contributed by atoms with E-state index in [2.05, 4.69) is 17.0 Å². The van der Waals surface area contributed by atoms with E-state index in [1.165, 1.54) is 5.56 Å². The minimum atomic E-state index is 0.320. The van der Waals surface area contributed by atoms with Gasteiger partial charge in [-0.25, -0.2) is 0 Å². The topological polar surface area (TPSA) is 45.5 Å². The van der Waals surface area contributed by atoms with Crippen molar-refractivity contribution >= 4 is 0 Å². The van der Waals surface area contributed by atoms with Gasteiger partial charge in [0, 0.05) is 19.5 Å². The molecule has 0 aliphatic carbocycles. The Hall–Kier alpha value is -1.73. The molecule has 0 radical (unpaired) electrons. The van der Waals surface area contributed by atoms with Crippen LogP contribution in [0, 0.1) is 11.3 Å². The lowest BCUT2D eigenvalue weighted by Gasteiger charge is -2.14. The van der Waals surface area contributed by atoms with E-state index in [1.54, 1.807) is 0 Å². The summed E-state index contributed by atoms with van der Waals surface area (Å²) < 4.78 is 10.6. The van der Waals surface area contributed by atoms with E-state index in [0.717, 1.165) is 31.0 Å². The zero-order valence-electron chi connectivity index (χ0n) is 9.98. The number of ether oxygens (including phenoxy) is 2. The minimum absolute atomic E-state index is 0.320. The van der Waals surface area contributed by atoms with Crippen LogP contribution in [0.2, 0.25) is 0 Å². The first-order valence-corrected chi connectivity index (χ1v) is 5.73. The van der Waals surface area contributed by atoms with Crippen LogP contribution in [0.5, 0.6) is 11.5 Å². The van der Waals surface area contributed by atoms with Gasteiger partial charge in [0.05, 0.1) is 6.07 Å². The zero-order chi connectivity index (χ0) is 12.1. The second kappa shape index (κ2) is 5.55. The highest BCUT2D eigenvalue weighted by Gasteiger charge is 2.13. The van der Waals surface area contributed by atoms with E-state index in [0.29, 0.717) is 13.2 Å². The molecular formula is C13H16N2O2. The van der Waals surface area contributed by atoms with Gasteiger partial charge in [0.2, 0.25) is 6.79 Å². The van der Waals surface area contributed by atoms with Gasteiger partial charge in [-0.3, -0.25) is 0 Å². The van der Waals surface area contributed by atoms with Crippen molar-refractivity contribution in [1.82, 2.24) is 4.90 Å². The van der Waals surface area contributed by atoms with E-state index in [9.17, 15) is 0 Å². The summed E-state index contributed by atoms with van der Waals surface area (Å²) in [5.74, 6) is 1.66. The molecule has 17 heavy (non-hydrogen) atoms. The van der Waals surface area contributed by atoms with Crippen LogP contribution in [0.1, 0.15) is 12.0 Å². The molecule has 4 nitrogen and oxygen atoms in total. The van der Waals surface area contributed by atoms with Gasteiger partial charge in [0.15, 0.2) is 11.5 Å². The number of benzene rings is 1. The van der Waals surface area contributed by atoms with Crippen molar-refractivity contribution in [3.05, 3.63) is 23.8 Å². The fourth-order valence-corrected chi connectivity index (χ4v) is 1.77. The lowest BCUT2D eigenvalue weighted by molar-refractivity contribution is 0.174. The van der Waals surface area contributed by atoms with Crippen LogP contribution in [0.15, 0.2) is 18.2 Å². The van der Waals surface area contributed by atoms with Crippen molar-refractivity contribution in [2.24, 2.45) is 0 Å². The van der Waals surface area contributed by atoms with Gasteiger partial charge < -0.3 is 14.4 Å². The number of rotatable bonds is 5. The van der Waals surface area contributed by atoms with Crippen LogP contribution in [0.25, 0.3) is 0 Å². The third-order valence-corrected chi connectivity index (χ3v) is 2.82. The zero-order valence-corrected chi connectivity index (χ0v) is 9.98. The maximum atomic E-state index is 8.50. The number of nitrogens with zero attached hydrogens (tertiary/aromatic N) is 2. The third-order valence-electron chi connectivity index (χ3n) is 2.82. The van der Waals surface area contributed by atoms with E-state index >= 15 is 0 Å². The Bertz CT molecular complexity index is 426. The van der Waals surface area contributed by atoms with Crippen LogP contribution >= 0.6 is 0 Å². The summed E-state index contributed by atoms with van der Waals surface area (Å²) in [6, 6.07) is 8.19. The SMILES string of the molecule is CN(CCC#N)CCc1ccc2c(c1)OCO2. The van der Waals surface area contributed by atoms with E-state index < -0.39 is 0 Å². The van der Waals surface area contributed by atoms with Crippen LogP contribution < -0.4 is 9.47 Å². The molecule has 0 atom stereocenters. The molecule has 1 aliphatic rings. The van der Waals surface area contributed by atoms with Gasteiger partial charge in [0.25, 0.3) is 0 Å². The molecule has 1 aromatic carbocycles. The predicted octanol–water partition coefficient (Wildman–Crippen LogP) is 1.80. The fourth-order valence-electron chi connectivity index (χ4n) is 1.77. The van der Waals surface area contributed by atoms with Crippen LogP contribution in [-0.4, -0.2) is 31.8 Å². The molecule has 1 aliphatic heterocycles. The molecule has 1 heterocycles. The predicted molar refractivity (Wildman–Crippen MR) is 64.0 cm³/mol. The average molecular weight is 232 g/mol. The van der Waals surface area contributed by atoms with Gasteiger partial charge in [-0.1, -0.05) is 6.07 Å². The summed E-state index contributed by atoms with van der Waals surface area (Å²) in [5, 5.41) is 8.50. The molecule has 0 saturated carbocycles.